The third-order valence-corrected chi connectivity index (χ3v) is 3.14. The fourth-order valence-electron chi connectivity index (χ4n) is 2.22. The molecule has 1 aliphatic rings. The molecule has 2 N–H and O–H groups in total. The number of ether oxygens (including phenoxy) is 1. The van der Waals surface area contributed by atoms with E-state index in [1.807, 2.05) is 0 Å². The van der Waals surface area contributed by atoms with E-state index in [0.717, 1.165) is 0 Å². The highest BCUT2D eigenvalue weighted by Crippen LogP contribution is 2.33. The number of carboxylic acids is 1. The highest BCUT2D eigenvalue weighted by atomic mass is 16.5. The Hall–Kier alpha value is -2.28. The van der Waals surface area contributed by atoms with E-state index >= 15 is 0 Å². The van der Waals surface area contributed by atoms with Crippen molar-refractivity contribution in [3.05, 3.63) is 24.3 Å². The van der Waals surface area contributed by atoms with E-state index in [2.05, 4.69) is 0 Å². The van der Waals surface area contributed by atoms with Crippen LogP contribution < -0.4 is 9.64 Å². The minimum atomic E-state index is -1.12. The lowest BCUT2D eigenvalue weighted by molar-refractivity contribution is -0.144. The summed E-state index contributed by atoms with van der Waals surface area (Å²) in [5, 5.41) is 18.5. The average molecular weight is 294 g/mol. The van der Waals surface area contributed by atoms with Gasteiger partial charge in [0.25, 0.3) is 0 Å². The second-order valence-corrected chi connectivity index (χ2v) is 5.04. The molecule has 0 aromatic heterocycles. The van der Waals surface area contributed by atoms with Gasteiger partial charge in [0, 0.05) is 13.6 Å². The number of anilines is 1. The van der Waals surface area contributed by atoms with E-state index < -0.39 is 18.2 Å². The number of carbonyl (C=O) groups excluding carboxylic acids is 1. The van der Waals surface area contributed by atoms with Gasteiger partial charge in [-0.1, -0.05) is 12.1 Å². The minimum absolute atomic E-state index is 0.0741. The molecule has 0 fully saturated rings. The molecule has 0 radical (unpaired) electrons. The van der Waals surface area contributed by atoms with Crippen molar-refractivity contribution in [2.45, 2.75) is 19.1 Å². The van der Waals surface area contributed by atoms with Crippen molar-refractivity contribution < 1.29 is 24.5 Å². The second-order valence-electron chi connectivity index (χ2n) is 5.04. The van der Waals surface area contributed by atoms with Gasteiger partial charge < -0.3 is 19.8 Å². The molecule has 1 aromatic carbocycles. The molecule has 2 rings (SSSR count). The zero-order chi connectivity index (χ0) is 15.6. The van der Waals surface area contributed by atoms with Crippen LogP contribution in [0.25, 0.3) is 0 Å². The molecule has 1 aromatic rings. The van der Waals surface area contributed by atoms with Crippen molar-refractivity contribution in [1.29, 1.82) is 0 Å². The molecule has 2 atom stereocenters. The number of aliphatic hydroxyl groups is 1. The number of aliphatic carboxylic acids is 1. The van der Waals surface area contributed by atoms with Crippen LogP contribution in [0.1, 0.15) is 6.92 Å². The molecule has 21 heavy (non-hydrogen) atoms. The van der Waals surface area contributed by atoms with Crippen LogP contribution in [-0.2, 0) is 4.79 Å². The molecule has 1 heterocycles. The molecule has 0 aliphatic carbocycles. The van der Waals surface area contributed by atoms with Gasteiger partial charge >= 0.3 is 12.0 Å². The minimum Gasteiger partial charge on any atom is -0.478 e. The van der Waals surface area contributed by atoms with Gasteiger partial charge in [-0.3, -0.25) is 4.90 Å². The highest BCUT2D eigenvalue weighted by molar-refractivity contribution is 5.95. The summed E-state index contributed by atoms with van der Waals surface area (Å²) < 4.78 is 5.37. The van der Waals surface area contributed by atoms with E-state index in [4.69, 9.17) is 9.84 Å². The molecule has 0 spiro atoms. The lowest BCUT2D eigenvalue weighted by Crippen LogP contribution is -2.51. The lowest BCUT2D eigenvalue weighted by atomic mass is 10.2. The first-order chi connectivity index (χ1) is 9.90. The predicted molar refractivity (Wildman–Crippen MR) is 75.5 cm³/mol. The van der Waals surface area contributed by atoms with Crippen molar-refractivity contribution in [3.63, 3.8) is 0 Å². The number of urea groups is 1. The molecule has 7 nitrogen and oxygen atoms in total. The predicted octanol–water partition coefficient (Wildman–Crippen LogP) is 0.771. The molecular formula is C14H18N2O5. The summed E-state index contributed by atoms with van der Waals surface area (Å²) in [5.74, 6) is -0.768. The summed E-state index contributed by atoms with van der Waals surface area (Å²) in [6.07, 6.45) is -1.77. The van der Waals surface area contributed by atoms with E-state index in [9.17, 15) is 14.7 Å². The number of hydrogen-bond donors (Lipinski definition) is 2. The fourth-order valence-corrected chi connectivity index (χ4v) is 2.22. The Balaban J connectivity index is 2.28. The van der Waals surface area contributed by atoms with Crippen LogP contribution in [0, 0.1) is 0 Å². The van der Waals surface area contributed by atoms with Crippen molar-refractivity contribution >= 4 is 17.7 Å². The van der Waals surface area contributed by atoms with Crippen molar-refractivity contribution in [2.75, 3.05) is 25.0 Å². The summed E-state index contributed by atoms with van der Waals surface area (Å²) >= 11 is 0. The summed E-state index contributed by atoms with van der Waals surface area (Å²) in [6.45, 7) is 1.67. The van der Waals surface area contributed by atoms with E-state index in [0.29, 0.717) is 11.4 Å². The van der Waals surface area contributed by atoms with Crippen LogP contribution in [0.3, 0.4) is 0 Å². The van der Waals surface area contributed by atoms with Gasteiger partial charge in [-0.2, -0.15) is 0 Å². The second kappa shape index (κ2) is 6.01. The van der Waals surface area contributed by atoms with Crippen LogP contribution in [0.2, 0.25) is 0 Å². The molecule has 7 heteroatoms. The Labute approximate surface area is 122 Å². The van der Waals surface area contributed by atoms with Gasteiger partial charge in [-0.25, -0.2) is 9.59 Å². The number of aliphatic hydroxyl groups excluding tert-OH is 1. The zero-order valence-corrected chi connectivity index (χ0v) is 11.9. The molecule has 0 saturated heterocycles. The van der Waals surface area contributed by atoms with Crippen LogP contribution in [0.5, 0.6) is 5.75 Å². The van der Waals surface area contributed by atoms with Gasteiger partial charge in [-0.15, -0.1) is 0 Å². The number of carbonyl (C=O) groups is 2. The van der Waals surface area contributed by atoms with Crippen LogP contribution >= 0.6 is 0 Å². The van der Waals surface area contributed by atoms with Crippen molar-refractivity contribution in [3.8, 4) is 5.75 Å². The monoisotopic (exact) mass is 294 g/mol. The number of para-hydroxylation sites is 2. The van der Waals surface area contributed by atoms with Gasteiger partial charge in [0.1, 0.15) is 5.75 Å². The standard InChI is InChI=1S/C14H18N2O5/c1-9(17)7-15(2)14(20)16-8-12(13(18)19)21-11-6-4-3-5-10(11)16/h3-6,9,12,17H,7-8H2,1-2H3,(H,18,19). The number of amides is 2. The van der Waals surface area contributed by atoms with Gasteiger partial charge in [0.05, 0.1) is 18.3 Å². The Kier molecular flexibility index (Phi) is 4.32. The molecular weight excluding hydrogens is 276 g/mol. The number of benzene rings is 1. The van der Waals surface area contributed by atoms with Crippen LogP contribution in [0.15, 0.2) is 24.3 Å². The van der Waals surface area contributed by atoms with E-state index in [1.54, 1.807) is 38.2 Å². The number of rotatable bonds is 3. The molecule has 1 aliphatic heterocycles. The maximum Gasteiger partial charge on any atom is 0.346 e. The van der Waals surface area contributed by atoms with Crippen molar-refractivity contribution in [1.82, 2.24) is 4.90 Å². The molecule has 2 amide bonds. The first-order valence-electron chi connectivity index (χ1n) is 6.59. The molecule has 114 valence electrons. The topological polar surface area (TPSA) is 90.3 Å². The zero-order valence-electron chi connectivity index (χ0n) is 11.9. The van der Waals surface area contributed by atoms with Crippen LogP contribution in [0.4, 0.5) is 10.5 Å². The highest BCUT2D eigenvalue weighted by Gasteiger charge is 2.34. The molecule has 0 bridgehead atoms. The van der Waals surface area contributed by atoms with Crippen LogP contribution in [-0.4, -0.2) is 59.5 Å². The lowest BCUT2D eigenvalue weighted by Gasteiger charge is -2.35. The summed E-state index contributed by atoms with van der Waals surface area (Å²) in [5.41, 5.74) is 0.525. The summed E-state index contributed by atoms with van der Waals surface area (Å²) in [4.78, 5) is 26.3. The Bertz CT molecular complexity index is 546. The van der Waals surface area contributed by atoms with Gasteiger partial charge in [0.15, 0.2) is 0 Å². The Morgan fingerprint density at radius 1 is 1.48 bits per heavy atom. The quantitative estimate of drug-likeness (QED) is 0.859. The van der Waals surface area contributed by atoms with Gasteiger partial charge in [0.2, 0.25) is 6.10 Å². The summed E-state index contributed by atoms with van der Waals surface area (Å²) in [7, 11) is 1.56. The maximum absolute atomic E-state index is 12.5. The molecule has 0 saturated carbocycles. The van der Waals surface area contributed by atoms with Gasteiger partial charge in [-0.05, 0) is 19.1 Å². The first kappa shape index (κ1) is 15.1. The number of likely N-dealkylation sites (N-methyl/N-ethyl adjacent to an activating group) is 1. The first-order valence-corrected chi connectivity index (χ1v) is 6.59. The third-order valence-electron chi connectivity index (χ3n) is 3.14. The number of hydrogen-bond acceptors (Lipinski definition) is 4. The third kappa shape index (κ3) is 3.25. The Morgan fingerprint density at radius 2 is 2.14 bits per heavy atom. The fraction of sp³-hybridized carbons (Fsp3) is 0.429. The Morgan fingerprint density at radius 3 is 2.76 bits per heavy atom. The largest absolute Gasteiger partial charge is 0.478 e. The molecule has 2 unspecified atom stereocenters. The normalized spacial score (nSPS) is 18.4. The number of nitrogens with zero attached hydrogens (tertiary/aromatic N) is 2. The number of fused-ring (bicyclic) bond motifs is 1. The smallest absolute Gasteiger partial charge is 0.346 e. The number of carboxylic acid groups (broad SMARTS) is 1. The SMILES string of the molecule is CC(O)CN(C)C(=O)N1CC(C(=O)O)Oc2ccccc21. The van der Waals surface area contributed by atoms with E-state index in [-0.39, 0.29) is 19.1 Å². The average Bonchev–Trinajstić information content (AvgIpc) is 2.44. The summed E-state index contributed by atoms with van der Waals surface area (Å²) in [6, 6.07) is 6.41. The maximum atomic E-state index is 12.5. The van der Waals surface area contributed by atoms with E-state index in [1.165, 1.54) is 9.80 Å². The van der Waals surface area contributed by atoms with Crippen molar-refractivity contribution in [2.24, 2.45) is 0 Å².